The van der Waals surface area contributed by atoms with E-state index in [2.05, 4.69) is 15.9 Å². The zero-order chi connectivity index (χ0) is 15.4. The molecule has 6 nitrogen and oxygen atoms in total. The van der Waals surface area contributed by atoms with Crippen LogP contribution in [0.4, 0.5) is 4.79 Å². The molecule has 0 unspecified atom stereocenters. The number of amides is 2. The van der Waals surface area contributed by atoms with Gasteiger partial charge in [-0.2, -0.15) is 5.10 Å². The Morgan fingerprint density at radius 3 is 3.05 bits per heavy atom. The smallest absolute Gasteiger partial charge is 0.329 e. The van der Waals surface area contributed by atoms with Gasteiger partial charge in [-0.15, -0.1) is 0 Å². The predicted molar refractivity (Wildman–Crippen MR) is 81.8 cm³/mol. The number of hydrogen-bond donors (Lipinski definition) is 2. The number of urea groups is 1. The van der Waals surface area contributed by atoms with Crippen molar-refractivity contribution >= 4 is 6.03 Å². The van der Waals surface area contributed by atoms with Crippen molar-refractivity contribution in [2.24, 2.45) is 7.05 Å². The normalized spacial score (nSPS) is 16.9. The van der Waals surface area contributed by atoms with Crippen LogP contribution < -0.4 is 10.8 Å². The standard InChI is InChI=1S/C16H20N4O2/c1-20-15-9-5-8-14(13(15)10-17-20)18-16(21)19-22-11-12-6-3-2-4-7-12/h2-4,6-7,10,14H,5,8-9,11H2,1H3,(H2,18,19,21)/t14-/m0/s1. The summed E-state index contributed by atoms with van der Waals surface area (Å²) in [6.07, 6.45) is 4.81. The maximum atomic E-state index is 11.9. The van der Waals surface area contributed by atoms with E-state index in [0.717, 1.165) is 30.4 Å². The van der Waals surface area contributed by atoms with E-state index < -0.39 is 0 Å². The molecule has 1 heterocycles. The summed E-state index contributed by atoms with van der Waals surface area (Å²) in [6.45, 7) is 0.344. The zero-order valence-electron chi connectivity index (χ0n) is 12.6. The largest absolute Gasteiger partial charge is 0.339 e. The van der Waals surface area contributed by atoms with Crippen molar-refractivity contribution in [2.75, 3.05) is 0 Å². The van der Waals surface area contributed by atoms with Crippen LogP contribution in [0.5, 0.6) is 0 Å². The lowest BCUT2D eigenvalue weighted by atomic mass is 9.93. The molecule has 0 fully saturated rings. The molecule has 22 heavy (non-hydrogen) atoms. The Morgan fingerprint density at radius 2 is 2.23 bits per heavy atom. The maximum Gasteiger partial charge on any atom is 0.339 e. The first kappa shape index (κ1) is 14.6. The molecule has 116 valence electrons. The van der Waals surface area contributed by atoms with E-state index in [1.807, 2.05) is 48.3 Å². The van der Waals surface area contributed by atoms with Crippen LogP contribution in [0, 0.1) is 0 Å². The molecule has 0 spiro atoms. The third-order valence-corrected chi connectivity index (χ3v) is 3.93. The van der Waals surface area contributed by atoms with Crippen LogP contribution in [-0.2, 0) is 24.9 Å². The van der Waals surface area contributed by atoms with Crippen molar-refractivity contribution in [3.8, 4) is 0 Å². The minimum Gasteiger partial charge on any atom is -0.329 e. The van der Waals surface area contributed by atoms with Gasteiger partial charge in [0.25, 0.3) is 0 Å². The van der Waals surface area contributed by atoms with Crippen LogP contribution in [0.15, 0.2) is 36.5 Å². The van der Waals surface area contributed by atoms with Gasteiger partial charge in [0.1, 0.15) is 0 Å². The van der Waals surface area contributed by atoms with Gasteiger partial charge in [-0.3, -0.25) is 9.52 Å². The zero-order valence-corrected chi connectivity index (χ0v) is 12.6. The number of hydrogen-bond acceptors (Lipinski definition) is 3. The Kier molecular flexibility index (Phi) is 4.39. The lowest BCUT2D eigenvalue weighted by Crippen LogP contribution is -2.39. The minimum atomic E-state index is -0.322. The van der Waals surface area contributed by atoms with Crippen LogP contribution in [0.25, 0.3) is 0 Å². The number of nitrogens with one attached hydrogen (secondary N) is 2. The molecule has 1 aliphatic rings. The second-order valence-electron chi connectivity index (χ2n) is 5.46. The Morgan fingerprint density at radius 1 is 1.41 bits per heavy atom. The Labute approximate surface area is 129 Å². The summed E-state index contributed by atoms with van der Waals surface area (Å²) in [6, 6.07) is 9.38. The summed E-state index contributed by atoms with van der Waals surface area (Å²) in [5, 5.41) is 7.22. The molecule has 1 aromatic carbocycles. The van der Waals surface area contributed by atoms with Crippen molar-refractivity contribution in [1.29, 1.82) is 0 Å². The number of hydroxylamine groups is 1. The first-order chi connectivity index (χ1) is 10.7. The molecule has 0 aliphatic heterocycles. The van der Waals surface area contributed by atoms with Crippen molar-refractivity contribution in [3.63, 3.8) is 0 Å². The van der Waals surface area contributed by atoms with Crippen molar-refractivity contribution in [3.05, 3.63) is 53.3 Å². The van der Waals surface area contributed by atoms with Gasteiger partial charge in [-0.05, 0) is 24.8 Å². The minimum absolute atomic E-state index is 0.00206. The van der Waals surface area contributed by atoms with Gasteiger partial charge in [-0.25, -0.2) is 10.3 Å². The number of carbonyl (C=O) groups is 1. The van der Waals surface area contributed by atoms with E-state index in [1.54, 1.807) is 0 Å². The second-order valence-corrected chi connectivity index (χ2v) is 5.46. The monoisotopic (exact) mass is 300 g/mol. The van der Waals surface area contributed by atoms with E-state index in [0.29, 0.717) is 6.61 Å². The molecule has 3 rings (SSSR count). The van der Waals surface area contributed by atoms with E-state index >= 15 is 0 Å². The Balaban J connectivity index is 1.50. The van der Waals surface area contributed by atoms with Gasteiger partial charge in [0.05, 0.1) is 18.8 Å². The fraction of sp³-hybridized carbons (Fsp3) is 0.375. The van der Waals surface area contributed by atoms with Crippen LogP contribution in [0.2, 0.25) is 0 Å². The topological polar surface area (TPSA) is 68.2 Å². The van der Waals surface area contributed by atoms with Crippen molar-refractivity contribution in [2.45, 2.75) is 31.9 Å². The van der Waals surface area contributed by atoms with Crippen molar-refractivity contribution in [1.82, 2.24) is 20.6 Å². The van der Waals surface area contributed by atoms with E-state index in [9.17, 15) is 4.79 Å². The fourth-order valence-corrected chi connectivity index (χ4v) is 2.80. The highest BCUT2D eigenvalue weighted by atomic mass is 16.7. The molecule has 1 aromatic heterocycles. The van der Waals surface area contributed by atoms with Crippen LogP contribution in [0.1, 0.15) is 35.7 Å². The molecule has 2 N–H and O–H groups in total. The summed E-state index contributed by atoms with van der Waals surface area (Å²) < 4.78 is 1.88. The van der Waals surface area contributed by atoms with E-state index in [-0.39, 0.29) is 12.1 Å². The highest BCUT2D eigenvalue weighted by Crippen LogP contribution is 2.28. The van der Waals surface area contributed by atoms with Gasteiger partial charge >= 0.3 is 6.03 Å². The number of rotatable bonds is 4. The molecule has 1 atom stereocenters. The molecule has 0 saturated heterocycles. The summed E-state index contributed by atoms with van der Waals surface area (Å²) in [4.78, 5) is 17.2. The van der Waals surface area contributed by atoms with Crippen LogP contribution in [0.3, 0.4) is 0 Å². The number of aryl methyl sites for hydroxylation is 1. The lowest BCUT2D eigenvalue weighted by Gasteiger charge is -2.23. The average Bonchev–Trinajstić information content (AvgIpc) is 2.91. The molecule has 0 saturated carbocycles. The highest BCUT2D eigenvalue weighted by Gasteiger charge is 2.24. The lowest BCUT2D eigenvalue weighted by molar-refractivity contribution is 0.0479. The van der Waals surface area contributed by atoms with E-state index in [4.69, 9.17) is 4.84 Å². The van der Waals surface area contributed by atoms with Gasteiger partial charge < -0.3 is 5.32 Å². The first-order valence-electron chi connectivity index (χ1n) is 7.47. The molecular formula is C16H20N4O2. The SMILES string of the molecule is Cn1ncc2c1CCC[C@@H]2NC(=O)NOCc1ccccc1. The molecule has 0 bridgehead atoms. The highest BCUT2D eigenvalue weighted by molar-refractivity contribution is 5.73. The van der Waals surface area contributed by atoms with E-state index in [1.165, 1.54) is 5.69 Å². The van der Waals surface area contributed by atoms with Gasteiger partial charge in [0.15, 0.2) is 0 Å². The molecule has 1 aliphatic carbocycles. The molecule has 6 heteroatoms. The number of carbonyl (C=O) groups excluding carboxylic acids is 1. The van der Waals surface area contributed by atoms with Gasteiger partial charge in [-0.1, -0.05) is 30.3 Å². The fourth-order valence-electron chi connectivity index (χ4n) is 2.80. The average molecular weight is 300 g/mol. The molecular weight excluding hydrogens is 280 g/mol. The number of nitrogens with zero attached hydrogens (tertiary/aromatic N) is 2. The van der Waals surface area contributed by atoms with Crippen LogP contribution >= 0.6 is 0 Å². The Bertz CT molecular complexity index is 639. The quantitative estimate of drug-likeness (QED) is 0.851. The summed E-state index contributed by atoms with van der Waals surface area (Å²) in [5.41, 5.74) is 5.75. The number of benzene rings is 1. The third kappa shape index (κ3) is 3.28. The number of fused-ring (bicyclic) bond motifs is 1. The third-order valence-electron chi connectivity index (χ3n) is 3.93. The van der Waals surface area contributed by atoms with Gasteiger partial charge in [0.2, 0.25) is 0 Å². The molecule has 0 radical (unpaired) electrons. The summed E-state index contributed by atoms with van der Waals surface area (Å²) in [5.74, 6) is 0. The number of aromatic nitrogens is 2. The maximum absolute atomic E-state index is 11.9. The predicted octanol–water partition coefficient (Wildman–Crippen LogP) is 2.23. The summed E-state index contributed by atoms with van der Waals surface area (Å²) in [7, 11) is 1.93. The Hall–Kier alpha value is -2.34. The molecule has 2 amide bonds. The molecule has 2 aromatic rings. The van der Waals surface area contributed by atoms with Gasteiger partial charge in [0, 0.05) is 18.3 Å². The second kappa shape index (κ2) is 6.62. The summed E-state index contributed by atoms with van der Waals surface area (Å²) >= 11 is 0. The van der Waals surface area contributed by atoms with Crippen LogP contribution in [-0.4, -0.2) is 15.8 Å². The van der Waals surface area contributed by atoms with Crippen molar-refractivity contribution < 1.29 is 9.63 Å². The first-order valence-corrected chi connectivity index (χ1v) is 7.47.